The van der Waals surface area contributed by atoms with Crippen LogP contribution in [0, 0.1) is 23.7 Å². The summed E-state index contributed by atoms with van der Waals surface area (Å²) in [6.07, 6.45) is 3.32. The molecular formula is C9H13S+. The van der Waals surface area contributed by atoms with E-state index in [9.17, 15) is 0 Å². The lowest BCUT2D eigenvalue weighted by Crippen LogP contribution is -2.35. The van der Waals surface area contributed by atoms with E-state index in [4.69, 9.17) is 0 Å². The molecule has 0 spiro atoms. The molecule has 2 heterocycles. The second-order valence-corrected chi connectivity index (χ2v) is 6.98. The third kappa shape index (κ3) is 0.341. The summed E-state index contributed by atoms with van der Waals surface area (Å²) in [4.78, 5) is 0. The molecule has 1 heteroatoms. The highest BCUT2D eigenvalue weighted by molar-refractivity contribution is 7.98. The number of hydrogen-bond donors (Lipinski definition) is 0. The molecule has 54 valence electrons. The van der Waals surface area contributed by atoms with Gasteiger partial charge in [0.1, 0.15) is 16.8 Å². The SMILES string of the molecule is C1C2CC3C1C1C[S+]3CC21. The molecule has 4 bridgehead atoms. The van der Waals surface area contributed by atoms with Gasteiger partial charge in [-0.1, -0.05) is 0 Å². The monoisotopic (exact) mass is 153 g/mol. The van der Waals surface area contributed by atoms with E-state index >= 15 is 0 Å². The average Bonchev–Trinajstić information content (AvgIpc) is 2.54. The molecule has 4 aliphatic rings. The Morgan fingerprint density at radius 1 is 0.900 bits per heavy atom. The van der Waals surface area contributed by atoms with Gasteiger partial charge in [-0.15, -0.1) is 0 Å². The van der Waals surface area contributed by atoms with Crippen LogP contribution in [-0.4, -0.2) is 16.8 Å². The lowest BCUT2D eigenvalue weighted by Gasteiger charge is -2.27. The fourth-order valence-electron chi connectivity index (χ4n) is 4.24. The van der Waals surface area contributed by atoms with Gasteiger partial charge in [0.15, 0.2) is 0 Å². The van der Waals surface area contributed by atoms with Crippen LogP contribution in [0.1, 0.15) is 12.8 Å². The Kier molecular flexibility index (Phi) is 0.663. The second kappa shape index (κ2) is 1.31. The van der Waals surface area contributed by atoms with Gasteiger partial charge >= 0.3 is 0 Å². The van der Waals surface area contributed by atoms with E-state index in [1.807, 2.05) is 0 Å². The fourth-order valence-corrected chi connectivity index (χ4v) is 8.20. The van der Waals surface area contributed by atoms with Crippen molar-refractivity contribution in [3.05, 3.63) is 0 Å². The van der Waals surface area contributed by atoms with Gasteiger partial charge in [0.25, 0.3) is 0 Å². The molecule has 2 saturated heterocycles. The molecule has 2 aliphatic carbocycles. The molecule has 0 nitrogen and oxygen atoms in total. The first-order valence-electron chi connectivity index (χ1n) is 4.60. The van der Waals surface area contributed by atoms with Crippen molar-refractivity contribution < 1.29 is 0 Å². The third-order valence-electron chi connectivity index (χ3n) is 4.53. The minimum Gasteiger partial charge on any atom is -0.0417 e. The van der Waals surface area contributed by atoms with Crippen molar-refractivity contribution in [3.8, 4) is 0 Å². The van der Waals surface area contributed by atoms with Crippen molar-refractivity contribution in [1.29, 1.82) is 0 Å². The van der Waals surface area contributed by atoms with Crippen molar-refractivity contribution in [3.63, 3.8) is 0 Å². The summed E-state index contributed by atoms with van der Waals surface area (Å²) in [6, 6.07) is 0. The average molecular weight is 153 g/mol. The van der Waals surface area contributed by atoms with E-state index in [2.05, 4.69) is 0 Å². The van der Waals surface area contributed by atoms with E-state index in [0.717, 1.165) is 10.9 Å². The zero-order valence-electron chi connectivity index (χ0n) is 6.12. The molecule has 0 aromatic rings. The van der Waals surface area contributed by atoms with Gasteiger partial charge in [0.2, 0.25) is 0 Å². The van der Waals surface area contributed by atoms with Crippen molar-refractivity contribution in [1.82, 2.24) is 0 Å². The predicted molar refractivity (Wildman–Crippen MR) is 44.1 cm³/mol. The van der Waals surface area contributed by atoms with Crippen LogP contribution < -0.4 is 0 Å². The molecule has 2 aliphatic heterocycles. The first-order valence-corrected chi connectivity index (χ1v) is 6.22. The third-order valence-corrected chi connectivity index (χ3v) is 7.56. The van der Waals surface area contributed by atoms with Crippen LogP contribution in [0.25, 0.3) is 0 Å². The van der Waals surface area contributed by atoms with Crippen LogP contribution in [0.2, 0.25) is 0 Å². The minimum atomic E-state index is 0.963. The molecule has 4 fully saturated rings. The molecule has 0 radical (unpaired) electrons. The second-order valence-electron chi connectivity index (χ2n) is 4.63. The summed E-state index contributed by atoms with van der Waals surface area (Å²) in [5.41, 5.74) is 0. The summed E-state index contributed by atoms with van der Waals surface area (Å²) in [6.45, 7) is 0. The van der Waals surface area contributed by atoms with Gasteiger partial charge in [0.05, 0.1) is 0 Å². The van der Waals surface area contributed by atoms with Crippen LogP contribution in [0.4, 0.5) is 0 Å². The summed E-state index contributed by atoms with van der Waals surface area (Å²) in [5.74, 6) is 8.34. The molecular weight excluding hydrogens is 140 g/mol. The highest BCUT2D eigenvalue weighted by Crippen LogP contribution is 2.65. The van der Waals surface area contributed by atoms with Gasteiger partial charge in [-0.3, -0.25) is 0 Å². The van der Waals surface area contributed by atoms with E-state index in [-0.39, 0.29) is 0 Å². The number of hydrogen-bond acceptors (Lipinski definition) is 0. The topological polar surface area (TPSA) is 0 Å². The van der Waals surface area contributed by atoms with Crippen molar-refractivity contribution in [2.24, 2.45) is 23.7 Å². The maximum Gasteiger partial charge on any atom is 0.121 e. The molecule has 0 aromatic carbocycles. The summed E-state index contributed by atoms with van der Waals surface area (Å²) >= 11 is 0. The first kappa shape index (κ1) is 5.08. The lowest BCUT2D eigenvalue weighted by atomic mass is 9.81. The van der Waals surface area contributed by atoms with Gasteiger partial charge in [-0.05, 0) is 29.7 Å². The smallest absolute Gasteiger partial charge is 0.0417 e. The standard InChI is InChI=1S/C9H13S/c1-5-2-9-6(1)8-4-10(9)3-7(5)8/h5-9H,1-4H2/q+1. The zero-order valence-corrected chi connectivity index (χ0v) is 6.94. The van der Waals surface area contributed by atoms with E-state index < -0.39 is 0 Å². The van der Waals surface area contributed by atoms with Gasteiger partial charge in [-0.25, -0.2) is 0 Å². The Balaban J connectivity index is 1.98. The molecule has 6 atom stereocenters. The maximum absolute atomic E-state index is 1.68. The fraction of sp³-hybridized carbons (Fsp3) is 1.00. The van der Waals surface area contributed by atoms with Crippen LogP contribution in [0.5, 0.6) is 0 Å². The Bertz CT molecular complexity index is 161. The molecule has 10 heavy (non-hydrogen) atoms. The Morgan fingerprint density at radius 2 is 1.80 bits per heavy atom. The quantitative estimate of drug-likeness (QED) is 0.460. The largest absolute Gasteiger partial charge is 0.121 e. The van der Waals surface area contributed by atoms with Gasteiger partial charge < -0.3 is 0 Å². The molecule has 4 rings (SSSR count). The molecule has 0 aromatic heterocycles. The van der Waals surface area contributed by atoms with Crippen molar-refractivity contribution in [2.75, 3.05) is 11.5 Å². The van der Waals surface area contributed by atoms with Gasteiger partial charge in [0, 0.05) is 17.8 Å². The molecule has 6 unspecified atom stereocenters. The summed E-state index contributed by atoms with van der Waals surface area (Å²) in [7, 11) is 0.963. The Labute approximate surface area is 64.7 Å². The molecule has 0 N–H and O–H groups in total. The minimum absolute atomic E-state index is 0.963. The highest BCUT2D eigenvalue weighted by Gasteiger charge is 2.71. The lowest BCUT2D eigenvalue weighted by molar-refractivity contribution is 0.286. The summed E-state index contributed by atoms with van der Waals surface area (Å²) in [5, 5.41) is 1.26. The van der Waals surface area contributed by atoms with E-state index in [0.29, 0.717) is 0 Å². The van der Waals surface area contributed by atoms with Gasteiger partial charge in [-0.2, -0.15) is 0 Å². The predicted octanol–water partition coefficient (Wildman–Crippen LogP) is 1.27. The summed E-state index contributed by atoms with van der Waals surface area (Å²) < 4.78 is 0. The van der Waals surface area contributed by atoms with E-state index in [1.54, 1.807) is 24.3 Å². The normalized spacial score (nSPS) is 74.4. The van der Waals surface area contributed by atoms with Crippen molar-refractivity contribution >= 4 is 10.9 Å². The highest BCUT2D eigenvalue weighted by atomic mass is 32.2. The van der Waals surface area contributed by atoms with Crippen LogP contribution in [0.3, 0.4) is 0 Å². The Hall–Kier alpha value is 0.350. The zero-order chi connectivity index (χ0) is 6.29. The number of fused-ring (bicyclic) bond motifs is 4. The number of rotatable bonds is 0. The van der Waals surface area contributed by atoms with Crippen LogP contribution in [0.15, 0.2) is 0 Å². The first-order chi connectivity index (χ1) is 4.93. The molecule has 0 amide bonds. The molecule has 2 saturated carbocycles. The maximum atomic E-state index is 1.68. The van der Waals surface area contributed by atoms with Crippen LogP contribution in [-0.2, 0) is 10.9 Å². The van der Waals surface area contributed by atoms with E-state index in [1.165, 1.54) is 28.9 Å². The van der Waals surface area contributed by atoms with Crippen molar-refractivity contribution in [2.45, 2.75) is 18.1 Å². The van der Waals surface area contributed by atoms with Crippen LogP contribution >= 0.6 is 0 Å². The Morgan fingerprint density at radius 3 is 2.50 bits per heavy atom.